The fourth-order valence-electron chi connectivity index (χ4n) is 2.38. The number of nitrogens with zero attached hydrogens (tertiary/aromatic N) is 4. The molecule has 1 aliphatic heterocycles. The molecule has 3 heterocycles. The number of aromatic nitrogens is 4. The second-order valence-electron chi connectivity index (χ2n) is 4.64. The van der Waals surface area contributed by atoms with Gasteiger partial charge in [0.2, 0.25) is 0 Å². The third kappa shape index (κ3) is 2.03. The lowest BCUT2D eigenvalue weighted by Crippen LogP contribution is -2.31. The molecule has 8 nitrogen and oxygen atoms in total. The zero-order chi connectivity index (χ0) is 14.3. The standard InChI is InChI=1S/C11H15N5O3S/c12-9-6-10(14-3-13-9)16(4-15-6)11-8(18)7(17)5(19-11)1-2-20/h3-5,7-8,11,17-18,20H,1-2H2,(H2,12,13,14)/t5-,7-,8-,11-/m1/s1. The fourth-order valence-corrected chi connectivity index (χ4v) is 2.64. The minimum Gasteiger partial charge on any atom is -0.388 e. The van der Waals surface area contributed by atoms with Crippen LogP contribution >= 0.6 is 12.6 Å². The van der Waals surface area contributed by atoms with E-state index in [4.69, 9.17) is 10.5 Å². The number of aliphatic hydroxyl groups is 2. The third-order valence-corrected chi connectivity index (χ3v) is 3.67. The van der Waals surface area contributed by atoms with Gasteiger partial charge in [0, 0.05) is 0 Å². The number of hydrogen-bond donors (Lipinski definition) is 4. The van der Waals surface area contributed by atoms with Crippen LogP contribution in [0.1, 0.15) is 12.6 Å². The van der Waals surface area contributed by atoms with Gasteiger partial charge in [0.25, 0.3) is 0 Å². The van der Waals surface area contributed by atoms with Crippen molar-refractivity contribution in [3.05, 3.63) is 12.7 Å². The maximum atomic E-state index is 10.1. The lowest BCUT2D eigenvalue weighted by atomic mass is 10.1. The van der Waals surface area contributed by atoms with Gasteiger partial charge in [-0.25, -0.2) is 15.0 Å². The molecule has 0 aromatic carbocycles. The van der Waals surface area contributed by atoms with Crippen LogP contribution in [0.25, 0.3) is 11.2 Å². The molecule has 0 amide bonds. The summed E-state index contributed by atoms with van der Waals surface area (Å²) >= 11 is 4.11. The molecule has 0 spiro atoms. The van der Waals surface area contributed by atoms with Gasteiger partial charge in [-0.2, -0.15) is 12.6 Å². The normalized spacial score (nSPS) is 30.1. The van der Waals surface area contributed by atoms with Gasteiger partial charge in [-0.15, -0.1) is 0 Å². The summed E-state index contributed by atoms with van der Waals surface area (Å²) in [4.78, 5) is 12.1. The Morgan fingerprint density at radius 1 is 1.30 bits per heavy atom. The summed E-state index contributed by atoms with van der Waals surface area (Å²) in [6, 6.07) is 0. The average Bonchev–Trinajstić information content (AvgIpc) is 2.97. The average molecular weight is 297 g/mol. The number of anilines is 1. The summed E-state index contributed by atoms with van der Waals surface area (Å²) in [6.07, 6.45) is 0.0790. The van der Waals surface area contributed by atoms with E-state index in [2.05, 4.69) is 27.6 Å². The third-order valence-electron chi connectivity index (χ3n) is 3.41. The molecular formula is C11H15N5O3S. The van der Waals surface area contributed by atoms with Gasteiger partial charge in [0.05, 0.1) is 12.4 Å². The Hall–Kier alpha value is -1.42. The van der Waals surface area contributed by atoms with Gasteiger partial charge in [0.15, 0.2) is 17.7 Å². The van der Waals surface area contributed by atoms with E-state index in [1.54, 1.807) is 4.57 Å². The number of nitrogens with two attached hydrogens (primary N) is 1. The highest BCUT2D eigenvalue weighted by atomic mass is 32.1. The van der Waals surface area contributed by atoms with E-state index in [1.165, 1.54) is 12.7 Å². The second kappa shape index (κ2) is 5.17. The van der Waals surface area contributed by atoms with Crippen LogP contribution < -0.4 is 5.73 Å². The van der Waals surface area contributed by atoms with Crippen molar-refractivity contribution < 1.29 is 14.9 Å². The molecular weight excluding hydrogens is 282 g/mol. The van der Waals surface area contributed by atoms with Crippen molar-refractivity contribution in [1.29, 1.82) is 0 Å². The van der Waals surface area contributed by atoms with Crippen LogP contribution in [0, 0.1) is 0 Å². The molecule has 1 aliphatic rings. The summed E-state index contributed by atoms with van der Waals surface area (Å²) in [5, 5.41) is 20.1. The number of nitrogen functional groups attached to an aromatic ring is 1. The molecule has 1 fully saturated rings. The summed E-state index contributed by atoms with van der Waals surface area (Å²) in [5.41, 5.74) is 6.61. The predicted octanol–water partition coefficient (Wildman–Crippen LogP) is -0.652. The van der Waals surface area contributed by atoms with Crippen molar-refractivity contribution in [2.45, 2.75) is 31.0 Å². The monoisotopic (exact) mass is 297 g/mol. The molecule has 0 radical (unpaired) electrons. The van der Waals surface area contributed by atoms with Crippen LogP contribution in [-0.2, 0) is 4.74 Å². The van der Waals surface area contributed by atoms with Gasteiger partial charge in [-0.1, -0.05) is 0 Å². The first-order valence-corrected chi connectivity index (χ1v) is 6.82. The van der Waals surface area contributed by atoms with E-state index in [1.807, 2.05) is 0 Å². The molecule has 4 N–H and O–H groups in total. The van der Waals surface area contributed by atoms with E-state index < -0.39 is 24.5 Å². The van der Waals surface area contributed by atoms with Crippen molar-refractivity contribution in [1.82, 2.24) is 19.5 Å². The number of imidazole rings is 1. The molecule has 9 heteroatoms. The topological polar surface area (TPSA) is 119 Å². The Morgan fingerprint density at radius 2 is 2.10 bits per heavy atom. The maximum Gasteiger partial charge on any atom is 0.167 e. The number of thiol groups is 1. The van der Waals surface area contributed by atoms with E-state index in [0.29, 0.717) is 23.3 Å². The molecule has 4 atom stereocenters. The summed E-state index contributed by atoms with van der Waals surface area (Å²) in [6.45, 7) is 0. The first-order chi connectivity index (χ1) is 9.63. The Morgan fingerprint density at radius 3 is 2.85 bits per heavy atom. The van der Waals surface area contributed by atoms with Crippen molar-refractivity contribution in [3.63, 3.8) is 0 Å². The lowest BCUT2D eigenvalue weighted by molar-refractivity contribution is -0.0352. The van der Waals surface area contributed by atoms with Gasteiger partial charge < -0.3 is 20.7 Å². The van der Waals surface area contributed by atoms with Crippen LogP contribution in [-0.4, -0.2) is 53.8 Å². The van der Waals surface area contributed by atoms with Crippen LogP contribution in [0.2, 0.25) is 0 Å². The summed E-state index contributed by atoms with van der Waals surface area (Å²) in [5.74, 6) is 0.815. The summed E-state index contributed by atoms with van der Waals surface area (Å²) in [7, 11) is 0. The zero-order valence-corrected chi connectivity index (χ0v) is 11.4. The Labute approximate surface area is 120 Å². The fraction of sp³-hybridized carbons (Fsp3) is 0.545. The highest BCUT2D eigenvalue weighted by molar-refractivity contribution is 7.80. The highest BCUT2D eigenvalue weighted by Crippen LogP contribution is 2.33. The Bertz CT molecular complexity index is 621. The zero-order valence-electron chi connectivity index (χ0n) is 10.5. The van der Waals surface area contributed by atoms with Crippen LogP contribution in [0.3, 0.4) is 0 Å². The summed E-state index contributed by atoms with van der Waals surface area (Å²) < 4.78 is 7.25. The first-order valence-electron chi connectivity index (χ1n) is 6.19. The number of fused-ring (bicyclic) bond motifs is 1. The minimum absolute atomic E-state index is 0.258. The molecule has 0 bridgehead atoms. The first kappa shape index (κ1) is 13.6. The Kier molecular flexibility index (Phi) is 3.50. The molecule has 3 rings (SSSR count). The molecule has 2 aromatic rings. The van der Waals surface area contributed by atoms with E-state index >= 15 is 0 Å². The van der Waals surface area contributed by atoms with E-state index in [0.717, 1.165) is 0 Å². The van der Waals surface area contributed by atoms with E-state index in [-0.39, 0.29) is 5.82 Å². The van der Waals surface area contributed by atoms with Gasteiger partial charge in [0.1, 0.15) is 24.1 Å². The molecule has 108 valence electrons. The minimum atomic E-state index is -1.06. The predicted molar refractivity (Wildman–Crippen MR) is 74.1 cm³/mol. The quantitative estimate of drug-likeness (QED) is 0.556. The number of ether oxygens (including phenoxy) is 1. The van der Waals surface area contributed by atoms with Crippen molar-refractivity contribution in [3.8, 4) is 0 Å². The molecule has 0 unspecified atom stereocenters. The molecule has 0 aliphatic carbocycles. The number of rotatable bonds is 3. The second-order valence-corrected chi connectivity index (χ2v) is 5.09. The van der Waals surface area contributed by atoms with Gasteiger partial charge in [-0.3, -0.25) is 4.57 Å². The van der Waals surface area contributed by atoms with Crippen molar-refractivity contribution in [2.24, 2.45) is 0 Å². The molecule has 20 heavy (non-hydrogen) atoms. The van der Waals surface area contributed by atoms with Crippen LogP contribution in [0.4, 0.5) is 5.82 Å². The smallest absolute Gasteiger partial charge is 0.167 e. The number of hydrogen-bond acceptors (Lipinski definition) is 8. The van der Waals surface area contributed by atoms with E-state index in [9.17, 15) is 10.2 Å². The van der Waals surface area contributed by atoms with Crippen molar-refractivity contribution >= 4 is 29.6 Å². The Balaban J connectivity index is 1.97. The highest BCUT2D eigenvalue weighted by Gasteiger charge is 2.43. The maximum absolute atomic E-state index is 10.1. The van der Waals surface area contributed by atoms with Gasteiger partial charge in [-0.05, 0) is 12.2 Å². The van der Waals surface area contributed by atoms with Crippen LogP contribution in [0.5, 0.6) is 0 Å². The molecule has 1 saturated heterocycles. The van der Waals surface area contributed by atoms with Crippen molar-refractivity contribution in [2.75, 3.05) is 11.5 Å². The largest absolute Gasteiger partial charge is 0.388 e. The molecule has 2 aromatic heterocycles. The SMILES string of the molecule is Nc1ncnc2c1ncn2[C@@H]1O[C@H](CCS)[C@@H](O)[C@H]1O. The molecule has 0 saturated carbocycles. The van der Waals surface area contributed by atoms with Crippen LogP contribution in [0.15, 0.2) is 12.7 Å². The lowest BCUT2D eigenvalue weighted by Gasteiger charge is -2.16. The number of aliphatic hydroxyl groups excluding tert-OH is 2. The van der Waals surface area contributed by atoms with Gasteiger partial charge >= 0.3 is 0 Å².